The minimum Gasteiger partial charge on any atom is -0.411 e. The van der Waals surface area contributed by atoms with E-state index >= 15 is 0 Å². The molecule has 1 aromatic carbocycles. The summed E-state index contributed by atoms with van der Waals surface area (Å²) in [5, 5.41) is 11.8. The number of oxime groups is 1. The molecule has 1 aromatic heterocycles. The van der Waals surface area contributed by atoms with E-state index in [0.29, 0.717) is 10.6 Å². The number of pyridine rings is 1. The highest BCUT2D eigenvalue weighted by Gasteiger charge is 2.14. The van der Waals surface area contributed by atoms with Gasteiger partial charge in [-0.15, -0.1) is 0 Å². The molecule has 0 amide bonds. The molecule has 0 radical (unpaired) electrons. The summed E-state index contributed by atoms with van der Waals surface area (Å²) in [7, 11) is 0. The van der Waals surface area contributed by atoms with Crippen molar-refractivity contribution in [2.45, 2.75) is 6.54 Å². The summed E-state index contributed by atoms with van der Waals surface area (Å²) < 4.78 is 1.74. The normalized spacial score (nSPS) is 10.8. The van der Waals surface area contributed by atoms with Crippen molar-refractivity contribution in [3.63, 3.8) is 0 Å². The highest BCUT2D eigenvalue weighted by atomic mass is 35.5. The van der Waals surface area contributed by atoms with Crippen LogP contribution in [0.1, 0.15) is 15.9 Å². The fraction of sp³-hybridized carbons (Fsp3) is 0.0714. The first-order valence-electron chi connectivity index (χ1n) is 5.65. The smallest absolute Gasteiger partial charge is 0.229 e. The van der Waals surface area contributed by atoms with E-state index in [9.17, 15) is 4.79 Å². The number of benzene rings is 1. The first-order valence-corrected chi connectivity index (χ1v) is 6.03. The largest absolute Gasteiger partial charge is 0.411 e. The Morgan fingerprint density at radius 1 is 1.26 bits per heavy atom. The van der Waals surface area contributed by atoms with Crippen molar-refractivity contribution in [1.82, 2.24) is 0 Å². The SMILES string of the molecule is O=C(C[n+]1ccc(C=NO)cc1)c1ccccc1Cl. The molecule has 1 heterocycles. The summed E-state index contributed by atoms with van der Waals surface area (Å²) in [6, 6.07) is 10.5. The van der Waals surface area contributed by atoms with Crippen molar-refractivity contribution in [2.75, 3.05) is 0 Å². The number of Topliss-reactive ketones (excluding diaryl/α,β-unsaturated/α-hetero) is 1. The number of hydrogen-bond acceptors (Lipinski definition) is 3. The second-order valence-electron chi connectivity index (χ2n) is 3.95. The Hall–Kier alpha value is -2.20. The van der Waals surface area contributed by atoms with Gasteiger partial charge in [0.25, 0.3) is 0 Å². The maximum atomic E-state index is 12.1. The third-order valence-corrected chi connectivity index (χ3v) is 2.95. The number of hydrogen-bond donors (Lipinski definition) is 1. The Morgan fingerprint density at radius 3 is 2.58 bits per heavy atom. The monoisotopic (exact) mass is 275 g/mol. The van der Waals surface area contributed by atoms with Crippen molar-refractivity contribution in [3.05, 3.63) is 64.9 Å². The molecule has 0 fully saturated rings. The number of carbonyl (C=O) groups is 1. The van der Waals surface area contributed by atoms with Crippen LogP contribution in [-0.2, 0) is 6.54 Å². The van der Waals surface area contributed by atoms with Crippen LogP contribution in [0.15, 0.2) is 53.9 Å². The third-order valence-electron chi connectivity index (χ3n) is 2.62. The van der Waals surface area contributed by atoms with E-state index in [4.69, 9.17) is 16.8 Å². The lowest BCUT2D eigenvalue weighted by Crippen LogP contribution is -2.37. The topological polar surface area (TPSA) is 53.5 Å². The first kappa shape index (κ1) is 13.2. The van der Waals surface area contributed by atoms with Crippen LogP contribution in [-0.4, -0.2) is 17.2 Å². The van der Waals surface area contributed by atoms with Crippen molar-refractivity contribution in [2.24, 2.45) is 5.16 Å². The molecule has 0 aliphatic rings. The van der Waals surface area contributed by atoms with Gasteiger partial charge in [-0.05, 0) is 12.1 Å². The summed E-state index contributed by atoms with van der Waals surface area (Å²) in [5.41, 5.74) is 1.27. The third kappa shape index (κ3) is 3.39. The number of ketones is 1. The molecule has 0 atom stereocenters. The number of aromatic nitrogens is 1. The zero-order chi connectivity index (χ0) is 13.7. The van der Waals surface area contributed by atoms with Crippen LogP contribution in [0.5, 0.6) is 0 Å². The maximum absolute atomic E-state index is 12.1. The molecule has 4 nitrogen and oxygen atoms in total. The summed E-state index contributed by atoms with van der Waals surface area (Å²) in [6.45, 7) is 0.209. The molecule has 0 bridgehead atoms. The van der Waals surface area contributed by atoms with Gasteiger partial charge in [0, 0.05) is 23.3 Å². The van der Waals surface area contributed by atoms with E-state index in [0.717, 1.165) is 5.56 Å². The van der Waals surface area contributed by atoms with Gasteiger partial charge in [0.2, 0.25) is 12.3 Å². The van der Waals surface area contributed by atoms with Crippen LogP contribution < -0.4 is 4.57 Å². The van der Waals surface area contributed by atoms with Gasteiger partial charge in [-0.3, -0.25) is 4.79 Å². The van der Waals surface area contributed by atoms with Gasteiger partial charge in [-0.2, -0.15) is 4.57 Å². The predicted octanol–water partition coefficient (Wildman–Crippen LogP) is 2.32. The molecule has 0 spiro atoms. The molecular weight excluding hydrogens is 264 g/mol. The van der Waals surface area contributed by atoms with E-state index in [1.54, 1.807) is 53.4 Å². The number of halogens is 1. The molecule has 0 saturated carbocycles. The standard InChI is InChI=1S/C14H11ClN2O2/c15-13-4-2-1-3-12(13)14(18)10-17-7-5-11(6-8-17)9-16-19/h1-9H,10H2/p+1. The second-order valence-corrected chi connectivity index (χ2v) is 4.36. The van der Waals surface area contributed by atoms with Gasteiger partial charge < -0.3 is 5.21 Å². The molecular formula is C14H12ClN2O2+. The van der Waals surface area contributed by atoms with Gasteiger partial charge in [-0.1, -0.05) is 28.9 Å². The summed E-state index contributed by atoms with van der Waals surface area (Å²) in [5.74, 6) is -0.0563. The number of rotatable bonds is 4. The molecule has 5 heteroatoms. The van der Waals surface area contributed by atoms with Crippen LogP contribution in [0.3, 0.4) is 0 Å². The summed E-state index contributed by atoms with van der Waals surface area (Å²) in [4.78, 5) is 12.1. The fourth-order valence-electron chi connectivity index (χ4n) is 1.67. The highest BCUT2D eigenvalue weighted by molar-refractivity contribution is 6.33. The van der Waals surface area contributed by atoms with Gasteiger partial charge in [-0.25, -0.2) is 0 Å². The summed E-state index contributed by atoms with van der Waals surface area (Å²) in [6.07, 6.45) is 4.80. The minimum atomic E-state index is -0.0563. The molecule has 0 aliphatic carbocycles. The van der Waals surface area contributed by atoms with Crippen LogP contribution in [0.4, 0.5) is 0 Å². The Kier molecular flexibility index (Phi) is 4.26. The van der Waals surface area contributed by atoms with Crippen LogP contribution in [0, 0.1) is 0 Å². The Labute approximate surface area is 115 Å². The minimum absolute atomic E-state index is 0.0563. The second kappa shape index (κ2) is 6.11. The fourth-order valence-corrected chi connectivity index (χ4v) is 1.91. The number of nitrogens with zero attached hydrogens (tertiary/aromatic N) is 2. The van der Waals surface area contributed by atoms with Gasteiger partial charge in [0.15, 0.2) is 12.4 Å². The van der Waals surface area contributed by atoms with Crippen LogP contribution in [0.25, 0.3) is 0 Å². The molecule has 0 saturated heterocycles. The van der Waals surface area contributed by atoms with Gasteiger partial charge >= 0.3 is 0 Å². The lowest BCUT2D eigenvalue weighted by Gasteiger charge is -2.00. The van der Waals surface area contributed by atoms with Crippen molar-refractivity contribution in [3.8, 4) is 0 Å². The average molecular weight is 276 g/mol. The van der Waals surface area contributed by atoms with Gasteiger partial charge in [0.1, 0.15) is 0 Å². The van der Waals surface area contributed by atoms with Gasteiger partial charge in [0.05, 0.1) is 11.2 Å². The molecule has 2 aromatic rings. The highest BCUT2D eigenvalue weighted by Crippen LogP contribution is 2.15. The zero-order valence-corrected chi connectivity index (χ0v) is 10.8. The molecule has 96 valence electrons. The van der Waals surface area contributed by atoms with Crippen molar-refractivity contribution in [1.29, 1.82) is 0 Å². The molecule has 0 aliphatic heterocycles. The first-order chi connectivity index (χ1) is 9.20. The predicted molar refractivity (Wildman–Crippen MR) is 71.8 cm³/mol. The van der Waals surface area contributed by atoms with E-state index in [1.807, 2.05) is 0 Å². The lowest BCUT2D eigenvalue weighted by molar-refractivity contribution is -0.683. The van der Waals surface area contributed by atoms with E-state index in [1.165, 1.54) is 6.21 Å². The molecule has 0 unspecified atom stereocenters. The quantitative estimate of drug-likeness (QED) is 0.306. The van der Waals surface area contributed by atoms with E-state index < -0.39 is 0 Å². The van der Waals surface area contributed by atoms with Crippen LogP contribution >= 0.6 is 11.6 Å². The van der Waals surface area contributed by atoms with Crippen LogP contribution in [0.2, 0.25) is 5.02 Å². The zero-order valence-electron chi connectivity index (χ0n) is 10.0. The summed E-state index contributed by atoms with van der Waals surface area (Å²) >= 11 is 5.98. The average Bonchev–Trinajstić information content (AvgIpc) is 2.42. The van der Waals surface area contributed by atoms with Crippen molar-refractivity contribution < 1.29 is 14.6 Å². The lowest BCUT2D eigenvalue weighted by atomic mass is 10.1. The Balaban J connectivity index is 2.13. The molecule has 1 N–H and O–H groups in total. The Bertz CT molecular complexity index is 609. The molecule has 19 heavy (non-hydrogen) atoms. The Morgan fingerprint density at radius 2 is 1.95 bits per heavy atom. The maximum Gasteiger partial charge on any atom is 0.229 e. The van der Waals surface area contributed by atoms with Crippen molar-refractivity contribution >= 4 is 23.6 Å². The van der Waals surface area contributed by atoms with E-state index in [-0.39, 0.29) is 12.3 Å². The molecule has 2 rings (SSSR count). The number of carbonyl (C=O) groups excluding carboxylic acids is 1. The van der Waals surface area contributed by atoms with E-state index in [2.05, 4.69) is 5.16 Å².